The van der Waals surface area contributed by atoms with Gasteiger partial charge in [0.15, 0.2) is 0 Å². The topological polar surface area (TPSA) is 35.5 Å². The fourth-order valence-electron chi connectivity index (χ4n) is 6.58. The Bertz CT molecular complexity index is 748. The molecule has 0 radical (unpaired) electrons. The average Bonchev–Trinajstić information content (AvgIpc) is 3.06. The van der Waals surface area contributed by atoms with Gasteiger partial charge < -0.3 is 9.47 Å². The molecule has 1 aromatic carbocycles. The Kier molecular flexibility index (Phi) is 31.1. The fraction of sp³-hybridized carbons (Fsp3) is 0.837. The van der Waals surface area contributed by atoms with Crippen LogP contribution in [0.2, 0.25) is 0 Å². The Balaban J connectivity index is 2.07. The summed E-state index contributed by atoms with van der Waals surface area (Å²) in [6, 6.07) is 10.3. The van der Waals surface area contributed by atoms with E-state index in [9.17, 15) is 4.79 Å². The summed E-state index contributed by atoms with van der Waals surface area (Å²) in [4.78, 5) is 12.7. The van der Waals surface area contributed by atoms with Gasteiger partial charge in [-0.1, -0.05) is 218 Å². The Morgan fingerprint density at radius 3 is 1.30 bits per heavy atom. The lowest BCUT2D eigenvalue weighted by Crippen LogP contribution is -2.31. The van der Waals surface area contributed by atoms with Crippen LogP contribution in [-0.2, 0) is 20.9 Å². The lowest BCUT2D eigenvalue weighted by molar-refractivity contribution is -0.157. The van der Waals surface area contributed by atoms with Crippen molar-refractivity contribution in [1.29, 1.82) is 0 Å². The summed E-state index contributed by atoms with van der Waals surface area (Å²) in [7, 11) is 0. The van der Waals surface area contributed by atoms with E-state index in [1.54, 1.807) is 0 Å². The molecule has 0 aliphatic heterocycles. The first-order chi connectivity index (χ1) is 22.7. The van der Waals surface area contributed by atoms with Gasteiger partial charge in [0.25, 0.3) is 0 Å². The smallest absolute Gasteiger partial charge is 0.306 e. The number of benzene rings is 1. The quantitative estimate of drug-likeness (QED) is 0.0546. The van der Waals surface area contributed by atoms with E-state index in [4.69, 9.17) is 9.47 Å². The normalized spacial score (nSPS) is 12.8. The molecule has 0 aliphatic rings. The monoisotopic (exact) mass is 643 g/mol. The number of carbonyl (C=O) groups excluding carboxylic acids is 1. The molecule has 0 aromatic heterocycles. The lowest BCUT2D eigenvalue weighted by atomic mass is 10.0. The second-order valence-corrected chi connectivity index (χ2v) is 14.3. The first-order valence-electron chi connectivity index (χ1n) is 20.5. The molecule has 2 unspecified atom stereocenters. The second kappa shape index (κ2) is 33.5. The molecule has 46 heavy (non-hydrogen) atoms. The minimum Gasteiger partial charge on any atom is -0.460 e. The van der Waals surface area contributed by atoms with Gasteiger partial charge in [-0.3, -0.25) is 4.79 Å². The molecule has 0 heterocycles. The number of carbonyl (C=O) groups is 1. The van der Waals surface area contributed by atoms with Crippen LogP contribution in [0.25, 0.3) is 0 Å². The molecule has 2 atom stereocenters. The molecular formula is C43H78O3. The van der Waals surface area contributed by atoms with Gasteiger partial charge in [-0.25, -0.2) is 0 Å². The van der Waals surface area contributed by atoms with Crippen LogP contribution in [-0.4, -0.2) is 18.2 Å². The van der Waals surface area contributed by atoms with E-state index in [0.29, 0.717) is 13.0 Å². The molecule has 0 N–H and O–H groups in total. The van der Waals surface area contributed by atoms with E-state index in [2.05, 4.69) is 38.1 Å². The van der Waals surface area contributed by atoms with Crippen molar-refractivity contribution >= 4 is 5.97 Å². The van der Waals surface area contributed by atoms with Crippen molar-refractivity contribution in [3.05, 3.63) is 35.9 Å². The molecule has 0 aliphatic carbocycles. The molecule has 3 nitrogen and oxygen atoms in total. The maximum atomic E-state index is 12.7. The van der Waals surface area contributed by atoms with Gasteiger partial charge in [-0.2, -0.15) is 0 Å². The van der Waals surface area contributed by atoms with Crippen LogP contribution in [0.3, 0.4) is 0 Å². The average molecular weight is 643 g/mol. The Morgan fingerprint density at radius 1 is 0.522 bits per heavy atom. The first kappa shape index (κ1) is 42.7. The minimum absolute atomic E-state index is 0.0428. The molecule has 0 amide bonds. The lowest BCUT2D eigenvalue weighted by Gasteiger charge is -2.25. The molecule has 0 bridgehead atoms. The van der Waals surface area contributed by atoms with Crippen LogP contribution in [0, 0.1) is 0 Å². The number of unbranched alkanes of at least 4 members (excludes halogenated alkanes) is 26. The van der Waals surface area contributed by atoms with Gasteiger partial charge in [0, 0.05) is 6.42 Å². The van der Waals surface area contributed by atoms with Crippen LogP contribution in [0.1, 0.15) is 219 Å². The molecule has 3 heteroatoms. The summed E-state index contributed by atoms with van der Waals surface area (Å²) in [6.07, 6.45) is 39.0. The maximum Gasteiger partial charge on any atom is 0.306 e. The molecule has 0 saturated heterocycles. The predicted octanol–water partition coefficient (Wildman–Crippen LogP) is 14.2. The Labute approximate surface area is 287 Å². The third kappa shape index (κ3) is 27.7. The second-order valence-electron chi connectivity index (χ2n) is 14.3. The minimum atomic E-state index is -0.203. The summed E-state index contributed by atoms with van der Waals surface area (Å²) in [6.45, 7) is 7.17. The van der Waals surface area contributed by atoms with Gasteiger partial charge in [0.05, 0.1) is 12.7 Å². The summed E-state index contributed by atoms with van der Waals surface area (Å²) in [5, 5.41) is 0. The van der Waals surface area contributed by atoms with E-state index < -0.39 is 0 Å². The molecular weight excluding hydrogens is 564 g/mol. The largest absolute Gasteiger partial charge is 0.460 e. The number of hydrogen-bond acceptors (Lipinski definition) is 3. The standard InChI is InChI=1S/C43H78O3/c1-4-6-8-10-12-14-15-16-17-18-19-20-21-22-23-25-27-29-34-38-43(44)46-40(3)42(45-39-41-35-31-30-32-36-41)37-33-28-26-24-13-11-9-7-5-2/h30-32,35-36,40,42H,4-29,33-34,37-39H2,1-3H3. The highest BCUT2D eigenvalue weighted by Crippen LogP contribution is 2.19. The number of ether oxygens (including phenoxy) is 2. The van der Waals surface area contributed by atoms with Crippen molar-refractivity contribution in [2.24, 2.45) is 0 Å². The number of hydrogen-bond donors (Lipinski definition) is 0. The molecule has 268 valence electrons. The SMILES string of the molecule is CCCCCCCCCCCCCCCCCCCCCC(=O)OC(C)C(CCCCCCCCCCC)OCc1ccccc1. The zero-order valence-electron chi connectivity index (χ0n) is 31.2. The molecule has 1 aromatic rings. The van der Waals surface area contributed by atoms with E-state index >= 15 is 0 Å². The fourth-order valence-corrected chi connectivity index (χ4v) is 6.58. The van der Waals surface area contributed by atoms with Crippen molar-refractivity contribution < 1.29 is 14.3 Å². The zero-order valence-corrected chi connectivity index (χ0v) is 31.2. The van der Waals surface area contributed by atoms with Crippen molar-refractivity contribution in [2.45, 2.75) is 232 Å². The highest BCUT2D eigenvalue weighted by Gasteiger charge is 2.21. The third-order valence-electron chi connectivity index (χ3n) is 9.72. The Morgan fingerprint density at radius 2 is 0.891 bits per heavy atom. The number of rotatable bonds is 35. The van der Waals surface area contributed by atoms with Crippen LogP contribution in [0.5, 0.6) is 0 Å². The van der Waals surface area contributed by atoms with Crippen LogP contribution >= 0.6 is 0 Å². The molecule has 0 saturated carbocycles. The van der Waals surface area contributed by atoms with E-state index in [1.807, 2.05) is 13.0 Å². The van der Waals surface area contributed by atoms with Gasteiger partial charge in [-0.15, -0.1) is 0 Å². The van der Waals surface area contributed by atoms with Crippen molar-refractivity contribution in [1.82, 2.24) is 0 Å². The molecule has 1 rings (SSSR count). The van der Waals surface area contributed by atoms with Gasteiger partial charge >= 0.3 is 5.97 Å². The van der Waals surface area contributed by atoms with Crippen molar-refractivity contribution in [3.8, 4) is 0 Å². The van der Waals surface area contributed by atoms with E-state index in [-0.39, 0.29) is 18.2 Å². The third-order valence-corrected chi connectivity index (χ3v) is 9.72. The van der Waals surface area contributed by atoms with E-state index in [0.717, 1.165) is 25.7 Å². The van der Waals surface area contributed by atoms with E-state index in [1.165, 1.54) is 166 Å². The number of esters is 1. The van der Waals surface area contributed by atoms with Gasteiger partial charge in [-0.05, 0) is 25.3 Å². The molecule has 0 fully saturated rings. The summed E-state index contributed by atoms with van der Waals surface area (Å²) in [5.74, 6) is -0.0557. The van der Waals surface area contributed by atoms with Crippen LogP contribution in [0.4, 0.5) is 0 Å². The highest BCUT2D eigenvalue weighted by molar-refractivity contribution is 5.69. The first-order valence-corrected chi connectivity index (χ1v) is 20.5. The maximum absolute atomic E-state index is 12.7. The highest BCUT2D eigenvalue weighted by atomic mass is 16.6. The van der Waals surface area contributed by atoms with Gasteiger partial charge in [0.1, 0.15) is 6.10 Å². The molecule has 0 spiro atoms. The summed E-state index contributed by atoms with van der Waals surface area (Å²) >= 11 is 0. The van der Waals surface area contributed by atoms with Crippen molar-refractivity contribution in [3.63, 3.8) is 0 Å². The van der Waals surface area contributed by atoms with Crippen molar-refractivity contribution in [2.75, 3.05) is 0 Å². The summed E-state index contributed by atoms with van der Waals surface area (Å²) in [5.41, 5.74) is 1.17. The van der Waals surface area contributed by atoms with Crippen LogP contribution in [0.15, 0.2) is 30.3 Å². The van der Waals surface area contributed by atoms with Crippen LogP contribution < -0.4 is 0 Å². The predicted molar refractivity (Wildman–Crippen MR) is 200 cm³/mol. The Hall–Kier alpha value is -1.35. The van der Waals surface area contributed by atoms with Gasteiger partial charge in [0.2, 0.25) is 0 Å². The summed E-state index contributed by atoms with van der Waals surface area (Å²) < 4.78 is 12.2. The zero-order chi connectivity index (χ0) is 33.2.